The number of likely N-dealkylation sites (tertiary alicyclic amines) is 1. The van der Waals surface area contributed by atoms with E-state index in [0.717, 1.165) is 34.3 Å². The Labute approximate surface area is 142 Å². The molecule has 24 heavy (non-hydrogen) atoms. The molecular weight excluding hydrogens is 327 g/mol. The first kappa shape index (κ1) is 15.0. The number of nitrogens with zero attached hydrogens (tertiary/aromatic N) is 3. The van der Waals surface area contributed by atoms with Crippen LogP contribution in [0, 0.1) is 5.82 Å². The quantitative estimate of drug-likeness (QED) is 0.759. The van der Waals surface area contributed by atoms with Crippen LogP contribution in [0.3, 0.4) is 0 Å². The molecule has 0 radical (unpaired) electrons. The fourth-order valence-electron chi connectivity index (χ4n) is 2.96. The molecule has 1 aliphatic heterocycles. The number of carbonyl (C=O) groups excluding carboxylic acids is 1. The number of amides is 2. The van der Waals surface area contributed by atoms with E-state index in [9.17, 15) is 9.18 Å². The molecule has 0 bridgehead atoms. The summed E-state index contributed by atoms with van der Waals surface area (Å²) in [6, 6.07) is 9.03. The van der Waals surface area contributed by atoms with E-state index in [0.29, 0.717) is 6.54 Å². The third-order valence-electron chi connectivity index (χ3n) is 4.12. The van der Waals surface area contributed by atoms with E-state index in [-0.39, 0.29) is 17.8 Å². The van der Waals surface area contributed by atoms with Crippen LogP contribution >= 0.6 is 11.3 Å². The Hall–Kier alpha value is -2.54. The molecule has 1 unspecified atom stereocenters. The number of rotatable bonds is 2. The number of carbonyl (C=O) groups is 1. The Balaban J connectivity index is 1.58. The molecule has 1 atom stereocenters. The number of aromatic nitrogens is 2. The maximum Gasteiger partial charge on any atom is 0.322 e. The lowest BCUT2D eigenvalue weighted by molar-refractivity contribution is 0.207. The highest BCUT2D eigenvalue weighted by molar-refractivity contribution is 7.18. The maximum absolute atomic E-state index is 13.7. The van der Waals surface area contributed by atoms with Gasteiger partial charge in [0.1, 0.15) is 5.01 Å². The van der Waals surface area contributed by atoms with E-state index in [2.05, 4.69) is 15.3 Å². The maximum atomic E-state index is 13.7. The van der Waals surface area contributed by atoms with Gasteiger partial charge >= 0.3 is 6.03 Å². The predicted molar refractivity (Wildman–Crippen MR) is 91.5 cm³/mol. The van der Waals surface area contributed by atoms with Crippen LogP contribution in [0.5, 0.6) is 0 Å². The second-order valence-electron chi connectivity index (χ2n) is 5.66. The van der Waals surface area contributed by atoms with Crippen molar-refractivity contribution in [1.29, 1.82) is 0 Å². The summed E-state index contributed by atoms with van der Waals surface area (Å²) in [7, 11) is 0. The van der Waals surface area contributed by atoms with E-state index in [4.69, 9.17) is 0 Å². The number of halogens is 1. The summed E-state index contributed by atoms with van der Waals surface area (Å²) in [4.78, 5) is 22.7. The third-order valence-corrected chi connectivity index (χ3v) is 5.26. The highest BCUT2D eigenvalue weighted by atomic mass is 32.1. The van der Waals surface area contributed by atoms with Crippen molar-refractivity contribution in [2.45, 2.75) is 18.9 Å². The lowest BCUT2D eigenvalue weighted by Gasteiger charge is -2.23. The molecule has 0 aliphatic carbocycles. The van der Waals surface area contributed by atoms with Crippen LogP contribution in [0.2, 0.25) is 0 Å². The molecule has 1 aliphatic rings. The van der Waals surface area contributed by atoms with Crippen molar-refractivity contribution in [3.63, 3.8) is 0 Å². The van der Waals surface area contributed by atoms with Crippen LogP contribution in [0.25, 0.3) is 10.2 Å². The van der Waals surface area contributed by atoms with Gasteiger partial charge in [0.25, 0.3) is 0 Å². The van der Waals surface area contributed by atoms with E-state index in [1.807, 2.05) is 24.3 Å². The highest BCUT2D eigenvalue weighted by Crippen LogP contribution is 2.36. The summed E-state index contributed by atoms with van der Waals surface area (Å²) in [5.41, 5.74) is 1.09. The fraction of sp³-hybridized carbons (Fsp3) is 0.235. The van der Waals surface area contributed by atoms with Gasteiger partial charge in [-0.15, -0.1) is 11.3 Å². The minimum atomic E-state index is -0.540. The summed E-state index contributed by atoms with van der Waals surface area (Å²) < 4.78 is 14.8. The van der Waals surface area contributed by atoms with E-state index >= 15 is 0 Å². The van der Waals surface area contributed by atoms with Gasteiger partial charge in [-0.05, 0) is 31.0 Å². The van der Waals surface area contributed by atoms with Crippen molar-refractivity contribution >= 4 is 33.3 Å². The standard InChI is InChI=1S/C17H15FN4OS/c18-11-10-19-8-7-12(11)21-17(23)22-9-3-5-14(22)16-20-13-4-1-2-6-15(13)24-16/h1-2,4,6-8,10,14H,3,5,9H2,(H,19,21,23). The second-order valence-corrected chi connectivity index (χ2v) is 6.72. The molecule has 3 heterocycles. The van der Waals surface area contributed by atoms with Crippen molar-refractivity contribution in [2.24, 2.45) is 0 Å². The van der Waals surface area contributed by atoms with Crippen LogP contribution in [-0.4, -0.2) is 27.4 Å². The number of anilines is 1. The number of pyridine rings is 1. The van der Waals surface area contributed by atoms with Crippen LogP contribution in [-0.2, 0) is 0 Å². The number of para-hydroxylation sites is 1. The monoisotopic (exact) mass is 342 g/mol. The van der Waals surface area contributed by atoms with Crippen molar-refractivity contribution in [3.05, 3.63) is 53.6 Å². The van der Waals surface area contributed by atoms with Crippen LogP contribution < -0.4 is 5.32 Å². The molecule has 1 fully saturated rings. The topological polar surface area (TPSA) is 58.1 Å². The molecule has 1 saturated heterocycles. The predicted octanol–water partition coefficient (Wildman–Crippen LogP) is 4.20. The number of fused-ring (bicyclic) bond motifs is 1. The summed E-state index contributed by atoms with van der Waals surface area (Å²) >= 11 is 1.61. The molecular formula is C17H15FN4OS. The van der Waals surface area contributed by atoms with Crippen molar-refractivity contribution < 1.29 is 9.18 Å². The fourth-order valence-corrected chi connectivity index (χ4v) is 4.08. The SMILES string of the molecule is O=C(Nc1ccncc1F)N1CCCC1c1nc2ccccc2s1. The number of benzene rings is 1. The largest absolute Gasteiger partial charge is 0.322 e. The van der Waals surface area contributed by atoms with E-state index in [1.54, 1.807) is 16.2 Å². The zero-order valence-corrected chi connectivity index (χ0v) is 13.6. The van der Waals surface area contributed by atoms with Gasteiger partial charge in [-0.1, -0.05) is 12.1 Å². The molecule has 2 amide bonds. The smallest absolute Gasteiger partial charge is 0.315 e. The lowest BCUT2D eigenvalue weighted by atomic mass is 10.2. The van der Waals surface area contributed by atoms with Crippen LogP contribution in [0.1, 0.15) is 23.9 Å². The zero-order chi connectivity index (χ0) is 16.5. The molecule has 0 spiro atoms. The lowest BCUT2D eigenvalue weighted by Crippen LogP contribution is -2.34. The molecule has 122 valence electrons. The second kappa shape index (κ2) is 6.16. The van der Waals surface area contributed by atoms with Crippen LogP contribution in [0.15, 0.2) is 42.7 Å². The number of hydrogen-bond acceptors (Lipinski definition) is 4. The minimum Gasteiger partial charge on any atom is -0.315 e. The number of hydrogen-bond donors (Lipinski definition) is 1. The average molecular weight is 342 g/mol. The van der Waals surface area contributed by atoms with Crippen LogP contribution in [0.4, 0.5) is 14.9 Å². The molecule has 7 heteroatoms. The summed E-state index contributed by atoms with van der Waals surface area (Å²) in [5, 5.41) is 3.56. The Morgan fingerprint density at radius 2 is 2.21 bits per heavy atom. The first-order valence-corrected chi connectivity index (χ1v) is 8.56. The number of urea groups is 1. The molecule has 0 saturated carbocycles. The van der Waals surface area contributed by atoms with Gasteiger partial charge in [0, 0.05) is 12.7 Å². The zero-order valence-electron chi connectivity index (χ0n) is 12.8. The molecule has 3 aromatic rings. The Morgan fingerprint density at radius 3 is 3.04 bits per heavy atom. The molecule has 4 rings (SSSR count). The highest BCUT2D eigenvalue weighted by Gasteiger charge is 2.32. The van der Waals surface area contributed by atoms with Crippen molar-refractivity contribution in [1.82, 2.24) is 14.9 Å². The van der Waals surface area contributed by atoms with Gasteiger partial charge in [-0.25, -0.2) is 14.2 Å². The third kappa shape index (κ3) is 2.71. The van der Waals surface area contributed by atoms with Gasteiger partial charge in [-0.3, -0.25) is 4.98 Å². The van der Waals surface area contributed by atoms with Gasteiger partial charge in [0.05, 0.1) is 28.1 Å². The van der Waals surface area contributed by atoms with Gasteiger partial charge in [-0.2, -0.15) is 0 Å². The molecule has 1 aromatic carbocycles. The summed E-state index contributed by atoms with van der Waals surface area (Å²) in [6.07, 6.45) is 4.32. The molecule has 2 aromatic heterocycles. The molecule has 5 nitrogen and oxygen atoms in total. The van der Waals surface area contributed by atoms with Crippen molar-refractivity contribution in [2.75, 3.05) is 11.9 Å². The van der Waals surface area contributed by atoms with Gasteiger partial charge < -0.3 is 10.2 Å². The Kier molecular flexibility index (Phi) is 3.86. The van der Waals surface area contributed by atoms with E-state index in [1.165, 1.54) is 12.3 Å². The van der Waals surface area contributed by atoms with E-state index < -0.39 is 5.82 Å². The van der Waals surface area contributed by atoms with Crippen molar-refractivity contribution in [3.8, 4) is 0 Å². The van der Waals surface area contributed by atoms with Gasteiger partial charge in [0.2, 0.25) is 0 Å². The summed E-state index contributed by atoms with van der Waals surface area (Å²) in [5.74, 6) is -0.540. The summed E-state index contributed by atoms with van der Waals surface area (Å²) in [6.45, 7) is 0.638. The number of thiazole rings is 1. The minimum absolute atomic E-state index is 0.0627. The molecule has 1 N–H and O–H groups in total. The van der Waals surface area contributed by atoms with Gasteiger partial charge in [0.15, 0.2) is 5.82 Å². The first-order valence-electron chi connectivity index (χ1n) is 7.75. The Morgan fingerprint density at radius 1 is 1.33 bits per heavy atom. The normalized spacial score (nSPS) is 17.4. The average Bonchev–Trinajstić information content (AvgIpc) is 3.23. The Bertz CT molecular complexity index is 864. The number of nitrogens with one attached hydrogen (secondary N) is 1. The first-order chi connectivity index (χ1) is 11.7.